The van der Waals surface area contributed by atoms with Crippen LogP contribution in [0.3, 0.4) is 0 Å². The molecule has 0 atom stereocenters. The number of benzene rings is 1. The number of anilines is 1. The van der Waals surface area contributed by atoms with Gasteiger partial charge in [-0.25, -0.2) is 4.39 Å². The van der Waals surface area contributed by atoms with E-state index in [4.69, 9.17) is 4.74 Å². The highest BCUT2D eigenvalue weighted by Gasteiger charge is 2.06. The van der Waals surface area contributed by atoms with E-state index in [9.17, 15) is 4.39 Å². The van der Waals surface area contributed by atoms with Crippen LogP contribution in [0.4, 0.5) is 10.1 Å². The molecule has 0 aliphatic carbocycles. The first kappa shape index (κ1) is 15.9. The summed E-state index contributed by atoms with van der Waals surface area (Å²) in [4.78, 5) is 2.01. The Hall–Kier alpha value is -1.13. The van der Waals surface area contributed by atoms with Gasteiger partial charge >= 0.3 is 0 Å². The fraction of sp³-hybridized carbons (Fsp3) is 0.600. The van der Waals surface area contributed by atoms with Crippen molar-refractivity contribution in [1.29, 1.82) is 0 Å². The fourth-order valence-corrected chi connectivity index (χ4v) is 1.78. The van der Waals surface area contributed by atoms with Crippen LogP contribution in [0.15, 0.2) is 18.2 Å². The molecule has 0 radical (unpaired) electrons. The summed E-state index contributed by atoms with van der Waals surface area (Å²) >= 11 is 0. The minimum absolute atomic E-state index is 0.193. The predicted octanol–water partition coefficient (Wildman–Crippen LogP) is 2.80. The lowest BCUT2D eigenvalue weighted by Gasteiger charge is -2.21. The van der Waals surface area contributed by atoms with Crippen molar-refractivity contribution in [3.05, 3.63) is 29.6 Å². The third-order valence-corrected chi connectivity index (χ3v) is 2.84. The van der Waals surface area contributed by atoms with Crippen LogP contribution >= 0.6 is 0 Å². The normalized spacial score (nSPS) is 11.1. The fourth-order valence-electron chi connectivity index (χ4n) is 1.78. The largest absolute Gasteiger partial charge is 0.377 e. The molecule has 4 heteroatoms. The Bertz CT molecular complexity index is 382. The Kier molecular flexibility index (Phi) is 6.81. The van der Waals surface area contributed by atoms with E-state index >= 15 is 0 Å². The second-order valence-corrected chi connectivity index (χ2v) is 4.94. The molecule has 0 heterocycles. The van der Waals surface area contributed by atoms with Crippen molar-refractivity contribution in [3.8, 4) is 0 Å². The Morgan fingerprint density at radius 1 is 1.32 bits per heavy atom. The number of likely N-dealkylation sites (N-methyl/N-ethyl adjacent to an activating group) is 1. The molecule has 0 aliphatic heterocycles. The van der Waals surface area contributed by atoms with Gasteiger partial charge < -0.3 is 15.0 Å². The van der Waals surface area contributed by atoms with Crippen LogP contribution in [-0.4, -0.2) is 32.8 Å². The van der Waals surface area contributed by atoms with Gasteiger partial charge in [0.25, 0.3) is 0 Å². The van der Waals surface area contributed by atoms with Gasteiger partial charge in [0.05, 0.1) is 12.7 Å². The average Bonchev–Trinajstić information content (AvgIpc) is 2.35. The van der Waals surface area contributed by atoms with Gasteiger partial charge in [0.1, 0.15) is 5.82 Å². The highest BCUT2D eigenvalue weighted by molar-refractivity contribution is 5.48. The van der Waals surface area contributed by atoms with Crippen LogP contribution in [0.25, 0.3) is 0 Å². The zero-order valence-corrected chi connectivity index (χ0v) is 12.4. The van der Waals surface area contributed by atoms with Crippen molar-refractivity contribution in [2.45, 2.75) is 33.4 Å². The molecule has 0 aliphatic rings. The van der Waals surface area contributed by atoms with E-state index in [-0.39, 0.29) is 11.9 Å². The molecule has 0 spiro atoms. The van der Waals surface area contributed by atoms with E-state index in [1.54, 1.807) is 12.1 Å². The smallest absolute Gasteiger partial charge is 0.125 e. The number of nitrogens with one attached hydrogen (secondary N) is 1. The number of nitrogens with zero attached hydrogens (tertiary/aromatic N) is 1. The van der Waals surface area contributed by atoms with Crippen molar-refractivity contribution >= 4 is 5.69 Å². The summed E-state index contributed by atoms with van der Waals surface area (Å²) in [6, 6.07) is 5.15. The van der Waals surface area contributed by atoms with Crippen LogP contribution in [0.2, 0.25) is 0 Å². The molecule has 19 heavy (non-hydrogen) atoms. The average molecular weight is 268 g/mol. The van der Waals surface area contributed by atoms with Crippen LogP contribution in [-0.2, 0) is 11.3 Å². The van der Waals surface area contributed by atoms with E-state index in [1.807, 2.05) is 38.8 Å². The Morgan fingerprint density at radius 3 is 2.68 bits per heavy atom. The molecule has 0 saturated carbocycles. The molecule has 0 amide bonds. The van der Waals surface area contributed by atoms with Gasteiger partial charge in [-0.3, -0.25) is 0 Å². The standard InChI is InChI=1S/C15H25FN2O/c1-5-17-11-13-8-14(16)10-15(9-13)18(4)6-7-19-12(2)3/h8-10,12,17H,5-7,11H2,1-4H3. The summed E-state index contributed by atoms with van der Waals surface area (Å²) in [5.41, 5.74) is 1.86. The van der Waals surface area contributed by atoms with Crippen LogP contribution in [0.5, 0.6) is 0 Å². The van der Waals surface area contributed by atoms with Gasteiger partial charge in [0, 0.05) is 25.8 Å². The monoisotopic (exact) mass is 268 g/mol. The minimum Gasteiger partial charge on any atom is -0.377 e. The molecule has 1 rings (SSSR count). The molecule has 0 unspecified atom stereocenters. The summed E-state index contributed by atoms with van der Waals surface area (Å²) in [6.07, 6.45) is 0.227. The maximum absolute atomic E-state index is 13.6. The number of hydrogen-bond donors (Lipinski definition) is 1. The molecule has 0 saturated heterocycles. The first-order valence-electron chi connectivity index (χ1n) is 6.85. The van der Waals surface area contributed by atoms with E-state index in [0.717, 1.165) is 24.3 Å². The SMILES string of the molecule is CCNCc1cc(F)cc(N(C)CCOC(C)C)c1. The zero-order valence-electron chi connectivity index (χ0n) is 12.4. The van der Waals surface area contributed by atoms with E-state index in [1.165, 1.54) is 0 Å². The number of halogens is 1. The third kappa shape index (κ3) is 6.03. The summed E-state index contributed by atoms with van der Waals surface area (Å²) in [6.45, 7) is 9.03. The maximum Gasteiger partial charge on any atom is 0.125 e. The molecule has 108 valence electrons. The van der Waals surface area contributed by atoms with Gasteiger partial charge in [0.15, 0.2) is 0 Å². The molecule has 3 nitrogen and oxygen atoms in total. The van der Waals surface area contributed by atoms with Gasteiger partial charge in [-0.05, 0) is 44.2 Å². The van der Waals surface area contributed by atoms with Gasteiger partial charge in [-0.2, -0.15) is 0 Å². The number of hydrogen-bond acceptors (Lipinski definition) is 3. The highest BCUT2D eigenvalue weighted by Crippen LogP contribution is 2.17. The van der Waals surface area contributed by atoms with Gasteiger partial charge in [-0.15, -0.1) is 0 Å². The summed E-state index contributed by atoms with van der Waals surface area (Å²) < 4.78 is 19.1. The number of ether oxygens (including phenoxy) is 1. The summed E-state index contributed by atoms with van der Waals surface area (Å²) in [5, 5.41) is 3.21. The van der Waals surface area contributed by atoms with Crippen LogP contribution in [0.1, 0.15) is 26.3 Å². The number of rotatable bonds is 8. The topological polar surface area (TPSA) is 24.5 Å². The minimum atomic E-state index is -0.193. The molecule has 0 fully saturated rings. The van der Waals surface area contributed by atoms with Crippen molar-refractivity contribution in [2.24, 2.45) is 0 Å². The molecule has 1 N–H and O–H groups in total. The van der Waals surface area contributed by atoms with E-state index in [0.29, 0.717) is 13.2 Å². The maximum atomic E-state index is 13.6. The van der Waals surface area contributed by atoms with Crippen LogP contribution in [0, 0.1) is 5.82 Å². The first-order valence-corrected chi connectivity index (χ1v) is 6.85. The van der Waals surface area contributed by atoms with Gasteiger partial charge in [-0.1, -0.05) is 6.92 Å². The lowest BCUT2D eigenvalue weighted by Crippen LogP contribution is -2.24. The quantitative estimate of drug-likeness (QED) is 0.784. The van der Waals surface area contributed by atoms with Gasteiger partial charge in [0.2, 0.25) is 0 Å². The Morgan fingerprint density at radius 2 is 2.05 bits per heavy atom. The van der Waals surface area contributed by atoms with Crippen molar-refractivity contribution in [1.82, 2.24) is 5.32 Å². The highest BCUT2D eigenvalue weighted by atomic mass is 19.1. The van der Waals surface area contributed by atoms with E-state index < -0.39 is 0 Å². The first-order chi connectivity index (χ1) is 9.02. The van der Waals surface area contributed by atoms with Crippen molar-refractivity contribution in [2.75, 3.05) is 31.6 Å². The predicted molar refractivity (Wildman–Crippen MR) is 78.1 cm³/mol. The molecular formula is C15H25FN2O. The molecule has 0 aromatic heterocycles. The van der Waals surface area contributed by atoms with Crippen molar-refractivity contribution in [3.63, 3.8) is 0 Å². The van der Waals surface area contributed by atoms with E-state index in [2.05, 4.69) is 5.32 Å². The second kappa shape index (κ2) is 8.12. The Labute approximate surface area is 115 Å². The Balaban J connectivity index is 2.62. The summed E-state index contributed by atoms with van der Waals surface area (Å²) in [7, 11) is 1.95. The molecular weight excluding hydrogens is 243 g/mol. The molecule has 1 aromatic rings. The third-order valence-electron chi connectivity index (χ3n) is 2.84. The van der Waals surface area contributed by atoms with Crippen molar-refractivity contribution < 1.29 is 9.13 Å². The molecule has 1 aromatic carbocycles. The molecule has 0 bridgehead atoms. The zero-order chi connectivity index (χ0) is 14.3. The summed E-state index contributed by atoms with van der Waals surface area (Å²) in [5.74, 6) is -0.193. The van der Waals surface area contributed by atoms with Crippen LogP contribution < -0.4 is 10.2 Å². The lowest BCUT2D eigenvalue weighted by molar-refractivity contribution is 0.0846. The lowest BCUT2D eigenvalue weighted by atomic mass is 10.2. The second-order valence-electron chi connectivity index (χ2n) is 4.94.